The molecule has 3 N–H and O–H groups in total. The van der Waals surface area contributed by atoms with E-state index in [2.05, 4.69) is 5.48 Å². The second-order valence-electron chi connectivity index (χ2n) is 3.30. The molecule has 2 aliphatic heterocycles. The van der Waals surface area contributed by atoms with Gasteiger partial charge in [0, 0.05) is 19.0 Å². The molecule has 0 saturated carbocycles. The Morgan fingerprint density at radius 3 is 2.77 bits per heavy atom. The second kappa shape index (κ2) is 2.97. The summed E-state index contributed by atoms with van der Waals surface area (Å²) >= 11 is 0. The molecule has 6 heteroatoms. The maximum absolute atomic E-state index is 11.3. The Balaban J connectivity index is 2.08. The van der Waals surface area contributed by atoms with Gasteiger partial charge < -0.3 is 10.6 Å². The summed E-state index contributed by atoms with van der Waals surface area (Å²) in [6.45, 7) is 0.664. The predicted octanol–water partition coefficient (Wildman–Crippen LogP) is -2.02. The van der Waals surface area contributed by atoms with Crippen LogP contribution >= 0.6 is 0 Å². The molecule has 0 aromatic carbocycles. The van der Waals surface area contributed by atoms with Crippen molar-refractivity contribution in [1.29, 1.82) is 0 Å². The molecule has 72 valence electrons. The molecule has 2 amide bonds. The molecule has 2 fully saturated rings. The minimum atomic E-state index is -0.485. The molecule has 2 aliphatic rings. The Labute approximate surface area is 75.0 Å². The molecular formula is C7H11N3O3. The first-order valence-corrected chi connectivity index (χ1v) is 4.15. The van der Waals surface area contributed by atoms with Gasteiger partial charge in [-0.15, -0.1) is 0 Å². The van der Waals surface area contributed by atoms with E-state index >= 15 is 0 Å². The second-order valence-corrected chi connectivity index (χ2v) is 3.30. The minimum Gasteiger partial charge on any atom is -0.326 e. The van der Waals surface area contributed by atoms with E-state index < -0.39 is 6.04 Å². The molecule has 6 nitrogen and oxygen atoms in total. The van der Waals surface area contributed by atoms with E-state index in [1.807, 2.05) is 0 Å². The van der Waals surface area contributed by atoms with Crippen LogP contribution in [0.3, 0.4) is 0 Å². The van der Waals surface area contributed by atoms with Gasteiger partial charge in [-0.05, 0) is 0 Å². The third-order valence-electron chi connectivity index (χ3n) is 2.28. The highest BCUT2D eigenvalue weighted by Crippen LogP contribution is 2.15. The Bertz CT molecular complexity index is 255. The van der Waals surface area contributed by atoms with Crippen LogP contribution in [0, 0.1) is 0 Å². The Hall–Kier alpha value is -1.14. The Kier molecular flexibility index (Phi) is 1.93. The van der Waals surface area contributed by atoms with E-state index in [0.29, 0.717) is 13.0 Å². The molecule has 0 radical (unpaired) electrons. The zero-order chi connectivity index (χ0) is 9.42. The Morgan fingerprint density at radius 1 is 1.54 bits per heavy atom. The van der Waals surface area contributed by atoms with Crippen molar-refractivity contribution in [2.24, 2.45) is 5.73 Å². The molecule has 2 rings (SSSR count). The first-order chi connectivity index (χ1) is 6.18. The van der Waals surface area contributed by atoms with E-state index in [9.17, 15) is 9.59 Å². The average molecular weight is 185 g/mol. The van der Waals surface area contributed by atoms with Crippen molar-refractivity contribution in [1.82, 2.24) is 10.4 Å². The highest BCUT2D eigenvalue weighted by atomic mass is 16.7. The summed E-state index contributed by atoms with van der Waals surface area (Å²) in [5.41, 5.74) is 7.80. The number of amides is 2. The van der Waals surface area contributed by atoms with Gasteiger partial charge in [0.15, 0.2) is 0 Å². The number of carbonyl (C=O) groups is 2. The van der Waals surface area contributed by atoms with Crippen molar-refractivity contribution in [3.8, 4) is 0 Å². The summed E-state index contributed by atoms with van der Waals surface area (Å²) in [5.74, 6) is -0.333. The van der Waals surface area contributed by atoms with Crippen molar-refractivity contribution in [2.75, 3.05) is 13.2 Å². The van der Waals surface area contributed by atoms with E-state index in [-0.39, 0.29) is 24.5 Å². The third kappa shape index (κ3) is 1.38. The maximum atomic E-state index is 11.3. The fourth-order valence-electron chi connectivity index (χ4n) is 1.63. The standard InChI is InChI=1S/C7H11N3O3/c8-4-1-6(11)10(2-4)5-3-13-9-7(5)12/h4-5H,1-3,8H2,(H,9,12). The van der Waals surface area contributed by atoms with E-state index in [1.54, 1.807) is 0 Å². The van der Waals surface area contributed by atoms with E-state index in [0.717, 1.165) is 0 Å². The molecule has 0 aliphatic carbocycles. The van der Waals surface area contributed by atoms with Crippen LogP contribution in [-0.2, 0) is 14.4 Å². The monoisotopic (exact) mass is 185 g/mol. The largest absolute Gasteiger partial charge is 0.326 e. The maximum Gasteiger partial charge on any atom is 0.268 e. The van der Waals surface area contributed by atoms with Crippen LogP contribution in [0.4, 0.5) is 0 Å². The van der Waals surface area contributed by atoms with Crippen LogP contribution in [0.5, 0.6) is 0 Å². The molecule has 2 atom stereocenters. The number of hydroxylamine groups is 1. The highest BCUT2D eigenvalue weighted by molar-refractivity contribution is 5.89. The van der Waals surface area contributed by atoms with Gasteiger partial charge in [0.25, 0.3) is 5.91 Å². The smallest absolute Gasteiger partial charge is 0.268 e. The molecule has 2 unspecified atom stereocenters. The van der Waals surface area contributed by atoms with Gasteiger partial charge in [0.2, 0.25) is 5.91 Å². The quantitative estimate of drug-likeness (QED) is 0.493. The highest BCUT2D eigenvalue weighted by Gasteiger charge is 2.39. The summed E-state index contributed by atoms with van der Waals surface area (Å²) in [7, 11) is 0. The van der Waals surface area contributed by atoms with Gasteiger partial charge in [0.1, 0.15) is 12.6 Å². The number of nitrogens with zero attached hydrogens (tertiary/aromatic N) is 1. The normalized spacial score (nSPS) is 34.1. The SMILES string of the molecule is NC1CC(=O)N(C2CONC2=O)C1. The molecule has 0 bridgehead atoms. The van der Waals surface area contributed by atoms with Gasteiger partial charge in [-0.2, -0.15) is 0 Å². The molecule has 0 spiro atoms. The zero-order valence-electron chi connectivity index (χ0n) is 7.03. The predicted molar refractivity (Wildman–Crippen MR) is 42.2 cm³/mol. The molecule has 0 aromatic heterocycles. The number of nitrogens with one attached hydrogen (secondary N) is 1. The van der Waals surface area contributed by atoms with Crippen molar-refractivity contribution in [2.45, 2.75) is 18.5 Å². The molecule has 2 saturated heterocycles. The molecule has 13 heavy (non-hydrogen) atoms. The van der Waals surface area contributed by atoms with Gasteiger partial charge in [-0.1, -0.05) is 0 Å². The van der Waals surface area contributed by atoms with Crippen LogP contribution in [0.1, 0.15) is 6.42 Å². The number of carbonyl (C=O) groups excluding carboxylic acids is 2. The van der Waals surface area contributed by atoms with Gasteiger partial charge in [-0.3, -0.25) is 14.4 Å². The molecule has 0 aromatic rings. The number of likely N-dealkylation sites (tertiary alicyclic amines) is 1. The fraction of sp³-hybridized carbons (Fsp3) is 0.714. The number of rotatable bonds is 1. The lowest BCUT2D eigenvalue weighted by Gasteiger charge is -2.19. The van der Waals surface area contributed by atoms with Gasteiger partial charge in [-0.25, -0.2) is 5.48 Å². The molecular weight excluding hydrogens is 174 g/mol. The zero-order valence-corrected chi connectivity index (χ0v) is 7.03. The summed E-state index contributed by atoms with van der Waals surface area (Å²) in [6, 6.07) is -0.637. The summed E-state index contributed by atoms with van der Waals surface area (Å²) in [4.78, 5) is 28.7. The summed E-state index contributed by atoms with van der Waals surface area (Å²) in [5, 5.41) is 0. The van der Waals surface area contributed by atoms with Crippen LogP contribution in [0.2, 0.25) is 0 Å². The van der Waals surface area contributed by atoms with Crippen molar-refractivity contribution < 1.29 is 14.4 Å². The van der Waals surface area contributed by atoms with Crippen LogP contribution in [0.25, 0.3) is 0 Å². The lowest BCUT2D eigenvalue weighted by Crippen LogP contribution is -2.43. The summed E-state index contributed by atoms with van der Waals surface area (Å²) in [6.07, 6.45) is 0.323. The lowest BCUT2D eigenvalue weighted by atomic mass is 10.3. The lowest BCUT2D eigenvalue weighted by molar-refractivity contribution is -0.135. The van der Waals surface area contributed by atoms with E-state index in [4.69, 9.17) is 10.6 Å². The Morgan fingerprint density at radius 2 is 2.31 bits per heavy atom. The van der Waals surface area contributed by atoms with E-state index in [1.165, 1.54) is 4.90 Å². The summed E-state index contributed by atoms with van der Waals surface area (Å²) < 4.78 is 0. The first-order valence-electron chi connectivity index (χ1n) is 4.15. The van der Waals surface area contributed by atoms with Crippen molar-refractivity contribution in [3.05, 3.63) is 0 Å². The number of hydrogen-bond donors (Lipinski definition) is 2. The van der Waals surface area contributed by atoms with Crippen molar-refractivity contribution >= 4 is 11.8 Å². The van der Waals surface area contributed by atoms with Crippen molar-refractivity contribution in [3.63, 3.8) is 0 Å². The van der Waals surface area contributed by atoms with Crippen LogP contribution < -0.4 is 11.2 Å². The van der Waals surface area contributed by atoms with Gasteiger partial charge >= 0.3 is 0 Å². The number of nitrogens with two attached hydrogens (primary N) is 1. The topological polar surface area (TPSA) is 84.7 Å². The fourth-order valence-corrected chi connectivity index (χ4v) is 1.63. The number of hydrogen-bond acceptors (Lipinski definition) is 4. The van der Waals surface area contributed by atoms with Crippen LogP contribution in [-0.4, -0.2) is 41.9 Å². The first kappa shape index (κ1) is 8.46. The average Bonchev–Trinajstić information content (AvgIpc) is 2.58. The molecule has 2 heterocycles. The van der Waals surface area contributed by atoms with Gasteiger partial charge in [0.05, 0.1) is 0 Å². The van der Waals surface area contributed by atoms with Crippen LogP contribution in [0.15, 0.2) is 0 Å². The minimum absolute atomic E-state index is 0.0712. The third-order valence-corrected chi connectivity index (χ3v) is 2.28.